The van der Waals surface area contributed by atoms with Gasteiger partial charge in [0, 0.05) is 49.1 Å². The molecule has 0 aliphatic heterocycles. The maximum absolute atomic E-state index is 14.7. The summed E-state index contributed by atoms with van der Waals surface area (Å²) in [6, 6.07) is 5.02. The predicted octanol–water partition coefficient (Wildman–Crippen LogP) is 5.40. The van der Waals surface area contributed by atoms with E-state index in [4.69, 9.17) is 4.74 Å². The zero-order chi connectivity index (χ0) is 23.8. The molecule has 182 valence electrons. The van der Waals surface area contributed by atoms with Crippen LogP contribution in [0.4, 0.5) is 15.9 Å². The molecule has 0 radical (unpaired) electrons. The molecule has 0 aromatic carbocycles. The minimum absolute atomic E-state index is 0.334. The lowest BCUT2D eigenvalue weighted by atomic mass is 9.90. The van der Waals surface area contributed by atoms with E-state index in [2.05, 4.69) is 46.7 Å². The Balaban J connectivity index is 1.65. The van der Waals surface area contributed by atoms with Gasteiger partial charge in [-0.2, -0.15) is 0 Å². The van der Waals surface area contributed by atoms with Gasteiger partial charge in [-0.1, -0.05) is 20.3 Å². The minimum Gasteiger partial charge on any atom is -0.383 e. The summed E-state index contributed by atoms with van der Waals surface area (Å²) in [7, 11) is 1.74. The fourth-order valence-electron chi connectivity index (χ4n) is 4.34. The van der Waals surface area contributed by atoms with Crippen LogP contribution >= 0.6 is 0 Å². The lowest BCUT2D eigenvalue weighted by molar-refractivity contribution is 0.161. The van der Waals surface area contributed by atoms with Gasteiger partial charge >= 0.3 is 0 Å². The predicted molar refractivity (Wildman–Crippen MR) is 134 cm³/mol. The molecule has 0 bridgehead atoms. The highest BCUT2D eigenvalue weighted by atomic mass is 19.1. The molecule has 1 unspecified atom stereocenters. The molecule has 2 atom stereocenters. The molecule has 7 heteroatoms. The Morgan fingerprint density at radius 2 is 1.82 bits per heavy atom. The number of ether oxygens (including phenoxy) is 1. The van der Waals surface area contributed by atoms with Crippen LogP contribution in [0.25, 0.3) is 11.1 Å². The molecule has 1 aliphatic rings. The molecule has 0 amide bonds. The number of nitrogens with zero attached hydrogens (tertiary/aromatic N) is 2. The molecule has 0 saturated heterocycles. The van der Waals surface area contributed by atoms with E-state index in [1.807, 2.05) is 19.1 Å². The van der Waals surface area contributed by atoms with Gasteiger partial charge in [0.2, 0.25) is 0 Å². The average Bonchev–Trinajstić information content (AvgIpc) is 2.81. The average molecular weight is 458 g/mol. The van der Waals surface area contributed by atoms with Gasteiger partial charge in [0.1, 0.15) is 11.6 Å². The van der Waals surface area contributed by atoms with E-state index in [9.17, 15) is 4.39 Å². The summed E-state index contributed by atoms with van der Waals surface area (Å²) in [5.74, 6) is 0.944. The summed E-state index contributed by atoms with van der Waals surface area (Å²) in [5, 5.41) is 10.6. The maximum Gasteiger partial charge on any atom is 0.149 e. The highest BCUT2D eigenvalue weighted by molar-refractivity contribution is 5.70. The molecule has 2 heterocycles. The first-order chi connectivity index (χ1) is 15.9. The lowest BCUT2D eigenvalue weighted by Gasteiger charge is -2.31. The third-order valence-corrected chi connectivity index (χ3v) is 6.61. The van der Waals surface area contributed by atoms with E-state index < -0.39 is 0 Å². The van der Waals surface area contributed by atoms with Crippen LogP contribution in [0.3, 0.4) is 0 Å². The molecule has 6 nitrogen and oxygen atoms in total. The third-order valence-electron chi connectivity index (χ3n) is 6.61. The van der Waals surface area contributed by atoms with Crippen LogP contribution in [0.15, 0.2) is 24.5 Å². The van der Waals surface area contributed by atoms with Crippen LogP contribution in [-0.2, 0) is 4.74 Å². The number of hydrogen-bond acceptors (Lipinski definition) is 6. The van der Waals surface area contributed by atoms with E-state index in [1.54, 1.807) is 13.3 Å². The van der Waals surface area contributed by atoms with Crippen molar-refractivity contribution in [3.8, 4) is 11.1 Å². The molecule has 3 N–H and O–H groups in total. The smallest absolute Gasteiger partial charge is 0.149 e. The molecule has 2 aromatic rings. The number of anilines is 2. The second-order valence-electron chi connectivity index (χ2n) is 9.52. The number of pyridine rings is 2. The highest BCUT2D eigenvalue weighted by Crippen LogP contribution is 2.29. The molecular formula is C26H40FN5O. The summed E-state index contributed by atoms with van der Waals surface area (Å²) >= 11 is 0. The van der Waals surface area contributed by atoms with Gasteiger partial charge in [0.15, 0.2) is 0 Å². The Hall–Kier alpha value is -2.25. The van der Waals surface area contributed by atoms with E-state index in [0.29, 0.717) is 35.4 Å². The number of aryl methyl sites for hydroxylation is 1. The summed E-state index contributed by atoms with van der Waals surface area (Å²) < 4.78 is 19.9. The Morgan fingerprint density at radius 1 is 1.09 bits per heavy atom. The van der Waals surface area contributed by atoms with Crippen molar-refractivity contribution in [1.29, 1.82) is 0 Å². The molecule has 3 rings (SSSR count). The standard InChI is InChI=1S/C26H40FN5O/c1-6-17(2)13-29-25-11-20(14-28-19(25)4)23-12-26(30-15-24(23)27)32-22-9-7-21(8-10-22)31-18(3)16-33-5/h11-12,14-15,17-18,21-22,29,31H,6-10,13,16H2,1-5H3,(H,30,32)/t17?,18-,21?,22?/m1/s1. The van der Waals surface area contributed by atoms with E-state index in [-0.39, 0.29) is 5.82 Å². The molecular weight excluding hydrogens is 417 g/mol. The van der Waals surface area contributed by atoms with Crippen molar-refractivity contribution in [1.82, 2.24) is 15.3 Å². The highest BCUT2D eigenvalue weighted by Gasteiger charge is 2.22. The first kappa shape index (κ1) is 25.4. The number of methoxy groups -OCH3 is 1. The largest absolute Gasteiger partial charge is 0.383 e. The zero-order valence-corrected chi connectivity index (χ0v) is 20.7. The van der Waals surface area contributed by atoms with Crippen molar-refractivity contribution < 1.29 is 9.13 Å². The monoisotopic (exact) mass is 457 g/mol. The molecule has 33 heavy (non-hydrogen) atoms. The first-order valence-corrected chi connectivity index (χ1v) is 12.3. The Bertz CT molecular complexity index is 885. The SMILES string of the molecule is CCC(C)CNc1cc(-c2cc(NC3CCC(N[C@H](C)COC)CC3)ncc2F)cnc1C. The van der Waals surface area contributed by atoms with Crippen LogP contribution in [0.2, 0.25) is 0 Å². The van der Waals surface area contributed by atoms with Crippen LogP contribution in [0, 0.1) is 18.7 Å². The van der Waals surface area contributed by atoms with Gasteiger partial charge < -0.3 is 20.7 Å². The number of halogens is 1. The molecule has 1 saturated carbocycles. The van der Waals surface area contributed by atoms with Crippen molar-refractivity contribution in [2.75, 3.05) is 30.9 Å². The zero-order valence-electron chi connectivity index (χ0n) is 20.7. The van der Waals surface area contributed by atoms with Crippen molar-refractivity contribution in [3.63, 3.8) is 0 Å². The number of aromatic nitrogens is 2. The summed E-state index contributed by atoms with van der Waals surface area (Å²) in [6.07, 6.45) is 8.48. The maximum atomic E-state index is 14.7. The van der Waals surface area contributed by atoms with Gasteiger partial charge in [-0.05, 0) is 57.6 Å². The number of hydrogen-bond donors (Lipinski definition) is 3. The molecule has 1 aliphatic carbocycles. The Morgan fingerprint density at radius 3 is 2.52 bits per heavy atom. The summed E-state index contributed by atoms with van der Waals surface area (Å²) in [6.45, 7) is 10.1. The summed E-state index contributed by atoms with van der Waals surface area (Å²) in [5.41, 5.74) is 3.15. The van der Waals surface area contributed by atoms with Gasteiger partial charge in [0.25, 0.3) is 0 Å². The van der Waals surface area contributed by atoms with Crippen LogP contribution in [0.5, 0.6) is 0 Å². The number of nitrogens with one attached hydrogen (secondary N) is 3. The topological polar surface area (TPSA) is 71.1 Å². The first-order valence-electron chi connectivity index (χ1n) is 12.3. The molecule has 1 fully saturated rings. The van der Waals surface area contributed by atoms with Crippen LogP contribution in [-0.4, -0.2) is 48.4 Å². The molecule has 2 aromatic heterocycles. The lowest BCUT2D eigenvalue weighted by Crippen LogP contribution is -2.42. The van der Waals surface area contributed by atoms with Crippen LogP contribution < -0.4 is 16.0 Å². The van der Waals surface area contributed by atoms with Crippen molar-refractivity contribution in [3.05, 3.63) is 36.0 Å². The van der Waals surface area contributed by atoms with Crippen LogP contribution in [0.1, 0.15) is 58.6 Å². The van der Waals surface area contributed by atoms with Gasteiger partial charge in [-0.25, -0.2) is 9.37 Å². The van der Waals surface area contributed by atoms with Crippen molar-refractivity contribution >= 4 is 11.5 Å². The second-order valence-corrected chi connectivity index (χ2v) is 9.52. The van der Waals surface area contributed by atoms with E-state index >= 15 is 0 Å². The Kier molecular flexibility index (Phi) is 9.44. The van der Waals surface area contributed by atoms with E-state index in [0.717, 1.165) is 62.2 Å². The van der Waals surface area contributed by atoms with Gasteiger partial charge in [-0.3, -0.25) is 4.98 Å². The van der Waals surface area contributed by atoms with Gasteiger partial charge in [-0.15, -0.1) is 0 Å². The third kappa shape index (κ3) is 7.37. The molecule has 0 spiro atoms. The van der Waals surface area contributed by atoms with Crippen molar-refractivity contribution in [2.24, 2.45) is 5.92 Å². The van der Waals surface area contributed by atoms with Crippen molar-refractivity contribution in [2.45, 2.75) is 77.9 Å². The fraction of sp³-hybridized carbons (Fsp3) is 0.615. The van der Waals surface area contributed by atoms with E-state index in [1.165, 1.54) is 6.20 Å². The summed E-state index contributed by atoms with van der Waals surface area (Å²) in [4.78, 5) is 8.81. The normalized spacial score (nSPS) is 20.3. The Labute approximate surface area is 198 Å². The quantitative estimate of drug-likeness (QED) is 0.420. The second kappa shape index (κ2) is 12.3. The number of rotatable bonds is 11. The fourth-order valence-corrected chi connectivity index (χ4v) is 4.34. The minimum atomic E-state index is -0.334. The van der Waals surface area contributed by atoms with Gasteiger partial charge in [0.05, 0.1) is 24.2 Å².